The number of nitrogens with two attached hydrogens (primary N) is 1. The Morgan fingerprint density at radius 3 is 2.71 bits per heavy atom. The Kier molecular flexibility index (Phi) is 4.90. The van der Waals surface area contributed by atoms with Crippen molar-refractivity contribution in [3.63, 3.8) is 0 Å². The van der Waals surface area contributed by atoms with Gasteiger partial charge in [0.2, 0.25) is 11.8 Å². The molecule has 0 aliphatic heterocycles. The molecule has 0 bridgehead atoms. The second-order valence-electron chi connectivity index (χ2n) is 5.49. The fourth-order valence-corrected chi connectivity index (χ4v) is 2.60. The Morgan fingerprint density at radius 2 is 2.05 bits per heavy atom. The zero-order chi connectivity index (χ0) is 15.4. The van der Waals surface area contributed by atoms with Crippen LogP contribution in [0.15, 0.2) is 18.2 Å². The molecule has 1 aromatic rings. The fourth-order valence-electron chi connectivity index (χ4n) is 2.60. The highest BCUT2D eigenvalue weighted by molar-refractivity contribution is 5.94. The molecule has 6 heteroatoms. The summed E-state index contributed by atoms with van der Waals surface area (Å²) in [6, 6.07) is 4.17. The number of halogens is 1. The summed E-state index contributed by atoms with van der Waals surface area (Å²) in [6.45, 7) is 1.30. The number of anilines is 2. The Bertz CT molecular complexity index is 548. The largest absolute Gasteiger partial charge is 0.328 e. The summed E-state index contributed by atoms with van der Waals surface area (Å²) in [5.41, 5.74) is 6.40. The third-order valence-electron chi connectivity index (χ3n) is 3.63. The molecule has 2 atom stereocenters. The van der Waals surface area contributed by atoms with Gasteiger partial charge in [0.1, 0.15) is 5.82 Å². The molecule has 2 unspecified atom stereocenters. The Labute approximate surface area is 123 Å². The van der Waals surface area contributed by atoms with Crippen LogP contribution < -0.4 is 16.4 Å². The highest BCUT2D eigenvalue weighted by Crippen LogP contribution is 2.25. The van der Waals surface area contributed by atoms with Gasteiger partial charge in [-0.05, 0) is 37.5 Å². The summed E-state index contributed by atoms with van der Waals surface area (Å²) in [7, 11) is 0. The minimum Gasteiger partial charge on any atom is -0.328 e. The van der Waals surface area contributed by atoms with Gasteiger partial charge in [-0.25, -0.2) is 4.39 Å². The van der Waals surface area contributed by atoms with Gasteiger partial charge < -0.3 is 16.4 Å². The van der Waals surface area contributed by atoms with Crippen molar-refractivity contribution >= 4 is 23.2 Å². The molecule has 1 aliphatic carbocycles. The maximum Gasteiger partial charge on any atom is 0.227 e. The van der Waals surface area contributed by atoms with Crippen LogP contribution in [0.3, 0.4) is 0 Å². The predicted molar refractivity (Wildman–Crippen MR) is 79.3 cm³/mol. The number of carbonyl (C=O) groups is 2. The van der Waals surface area contributed by atoms with Crippen molar-refractivity contribution in [2.45, 2.75) is 38.6 Å². The Balaban J connectivity index is 2.05. The zero-order valence-corrected chi connectivity index (χ0v) is 12.0. The van der Waals surface area contributed by atoms with Crippen LogP contribution in [0.2, 0.25) is 0 Å². The van der Waals surface area contributed by atoms with E-state index in [1.54, 1.807) is 0 Å². The van der Waals surface area contributed by atoms with Crippen LogP contribution in [0.5, 0.6) is 0 Å². The number of carbonyl (C=O) groups excluding carboxylic acids is 2. The summed E-state index contributed by atoms with van der Waals surface area (Å²) >= 11 is 0. The van der Waals surface area contributed by atoms with Gasteiger partial charge in [-0.2, -0.15) is 0 Å². The van der Waals surface area contributed by atoms with Gasteiger partial charge in [0, 0.05) is 24.6 Å². The zero-order valence-electron chi connectivity index (χ0n) is 12.0. The number of hydrogen-bond donors (Lipinski definition) is 3. The van der Waals surface area contributed by atoms with Crippen molar-refractivity contribution in [3.8, 4) is 0 Å². The summed E-state index contributed by atoms with van der Waals surface area (Å²) in [6.07, 6.45) is 3.39. The van der Waals surface area contributed by atoms with Crippen molar-refractivity contribution < 1.29 is 14.0 Å². The summed E-state index contributed by atoms with van der Waals surface area (Å²) in [4.78, 5) is 23.2. The first kappa shape index (κ1) is 15.4. The maximum atomic E-state index is 13.5. The van der Waals surface area contributed by atoms with Crippen LogP contribution >= 0.6 is 0 Å². The van der Waals surface area contributed by atoms with E-state index >= 15 is 0 Å². The minimum absolute atomic E-state index is 0.0562. The second kappa shape index (κ2) is 6.67. The normalized spacial score (nSPS) is 21.7. The molecule has 1 aliphatic rings. The molecular weight excluding hydrogens is 273 g/mol. The average molecular weight is 293 g/mol. The van der Waals surface area contributed by atoms with Gasteiger partial charge in [-0.15, -0.1) is 0 Å². The lowest BCUT2D eigenvalue weighted by Gasteiger charge is -2.25. The van der Waals surface area contributed by atoms with Gasteiger partial charge in [-0.3, -0.25) is 9.59 Å². The van der Waals surface area contributed by atoms with E-state index in [1.165, 1.54) is 25.1 Å². The number of hydrogen-bond acceptors (Lipinski definition) is 3. The lowest BCUT2D eigenvalue weighted by molar-refractivity contribution is -0.121. The molecule has 2 rings (SSSR count). The summed E-state index contributed by atoms with van der Waals surface area (Å²) in [5.74, 6) is -1.12. The molecule has 0 radical (unpaired) electrons. The smallest absolute Gasteiger partial charge is 0.227 e. The predicted octanol–water partition coefficient (Wildman–Crippen LogP) is 2.24. The van der Waals surface area contributed by atoms with E-state index in [9.17, 15) is 14.0 Å². The van der Waals surface area contributed by atoms with Gasteiger partial charge in [0.25, 0.3) is 0 Å². The molecule has 21 heavy (non-hydrogen) atoms. The monoisotopic (exact) mass is 293 g/mol. The molecule has 4 N–H and O–H groups in total. The Hall–Kier alpha value is -1.95. The van der Waals surface area contributed by atoms with E-state index in [1.807, 2.05) is 0 Å². The van der Waals surface area contributed by atoms with E-state index in [2.05, 4.69) is 10.6 Å². The van der Waals surface area contributed by atoms with Crippen LogP contribution in [0.25, 0.3) is 0 Å². The fraction of sp³-hybridized carbons (Fsp3) is 0.467. The highest BCUT2D eigenvalue weighted by atomic mass is 19.1. The number of amides is 2. The van der Waals surface area contributed by atoms with E-state index in [0.717, 1.165) is 19.3 Å². The number of rotatable bonds is 3. The quantitative estimate of drug-likeness (QED) is 0.799. The van der Waals surface area contributed by atoms with Crippen molar-refractivity contribution in [2.24, 2.45) is 11.7 Å². The standard InChI is InChI=1S/C15H20FN3O2/c1-9(20)18-14-8-12(5-6-13(14)16)19-15(21)10-3-2-4-11(17)7-10/h5-6,8,10-11H,2-4,7,17H2,1H3,(H,18,20)(H,19,21). The molecule has 114 valence electrons. The lowest BCUT2D eigenvalue weighted by Crippen LogP contribution is -2.34. The van der Waals surface area contributed by atoms with E-state index in [-0.39, 0.29) is 29.5 Å². The summed E-state index contributed by atoms with van der Waals surface area (Å²) < 4.78 is 13.5. The first-order valence-electron chi connectivity index (χ1n) is 7.09. The third-order valence-corrected chi connectivity index (χ3v) is 3.63. The topological polar surface area (TPSA) is 84.2 Å². The molecule has 0 saturated heterocycles. The molecule has 1 aromatic carbocycles. The molecular formula is C15H20FN3O2. The van der Waals surface area contributed by atoms with Crippen molar-refractivity contribution in [3.05, 3.63) is 24.0 Å². The Morgan fingerprint density at radius 1 is 1.29 bits per heavy atom. The van der Waals surface area contributed by atoms with Crippen LogP contribution in [-0.4, -0.2) is 17.9 Å². The molecule has 1 saturated carbocycles. The van der Waals surface area contributed by atoms with Crippen molar-refractivity contribution in [2.75, 3.05) is 10.6 Å². The molecule has 1 fully saturated rings. The SMILES string of the molecule is CC(=O)Nc1cc(NC(=O)C2CCCC(N)C2)ccc1F. The third kappa shape index (κ3) is 4.26. The van der Waals surface area contributed by atoms with Crippen molar-refractivity contribution in [1.82, 2.24) is 0 Å². The van der Waals surface area contributed by atoms with E-state index < -0.39 is 5.82 Å². The second-order valence-corrected chi connectivity index (χ2v) is 5.49. The summed E-state index contributed by atoms with van der Waals surface area (Å²) in [5, 5.41) is 5.15. The van der Waals surface area contributed by atoms with E-state index in [0.29, 0.717) is 12.1 Å². The molecule has 0 heterocycles. The van der Waals surface area contributed by atoms with Crippen LogP contribution in [0.4, 0.5) is 15.8 Å². The lowest BCUT2D eigenvalue weighted by atomic mass is 9.85. The first-order chi connectivity index (χ1) is 9.95. The number of nitrogens with one attached hydrogen (secondary N) is 2. The van der Waals surface area contributed by atoms with Gasteiger partial charge in [0.05, 0.1) is 5.69 Å². The average Bonchev–Trinajstić information content (AvgIpc) is 2.42. The molecule has 0 spiro atoms. The van der Waals surface area contributed by atoms with Crippen LogP contribution in [0, 0.1) is 11.7 Å². The van der Waals surface area contributed by atoms with Crippen molar-refractivity contribution in [1.29, 1.82) is 0 Å². The number of benzene rings is 1. The highest BCUT2D eigenvalue weighted by Gasteiger charge is 2.25. The van der Waals surface area contributed by atoms with Gasteiger partial charge >= 0.3 is 0 Å². The van der Waals surface area contributed by atoms with Crippen LogP contribution in [-0.2, 0) is 9.59 Å². The maximum absolute atomic E-state index is 13.5. The minimum atomic E-state index is -0.539. The molecule has 0 aromatic heterocycles. The van der Waals surface area contributed by atoms with Crippen LogP contribution in [0.1, 0.15) is 32.6 Å². The molecule has 2 amide bonds. The molecule has 5 nitrogen and oxygen atoms in total. The van der Waals surface area contributed by atoms with Gasteiger partial charge in [-0.1, -0.05) is 6.42 Å². The first-order valence-corrected chi connectivity index (χ1v) is 7.09. The van der Waals surface area contributed by atoms with Gasteiger partial charge in [0.15, 0.2) is 0 Å². The van der Waals surface area contributed by atoms with E-state index in [4.69, 9.17) is 5.73 Å².